The first-order chi connectivity index (χ1) is 13.5. The number of carbonyl (C=O) groups is 2. The Balaban J connectivity index is 1.53. The van der Waals surface area contributed by atoms with Gasteiger partial charge in [0, 0.05) is 25.3 Å². The van der Waals surface area contributed by atoms with Gasteiger partial charge in [-0.3, -0.25) is 14.9 Å². The number of amides is 2. The number of hydrogen-bond acceptors (Lipinski definition) is 7. The Labute approximate surface area is 165 Å². The lowest BCUT2D eigenvalue weighted by molar-refractivity contribution is -0.136. The van der Waals surface area contributed by atoms with E-state index in [9.17, 15) is 9.59 Å². The van der Waals surface area contributed by atoms with Gasteiger partial charge in [0.25, 0.3) is 0 Å². The smallest absolute Gasteiger partial charge is 0.329 e. The van der Waals surface area contributed by atoms with E-state index in [4.69, 9.17) is 0 Å². The van der Waals surface area contributed by atoms with Crippen LogP contribution >= 0.6 is 11.3 Å². The molecule has 0 radical (unpaired) electrons. The number of anilines is 2. The lowest BCUT2D eigenvalue weighted by Crippen LogP contribution is -2.32. The number of hydrazone groups is 1. The minimum Gasteiger partial charge on any atom is -0.378 e. The Kier molecular flexibility index (Phi) is 6.07. The predicted octanol–water partition coefficient (Wildman–Crippen LogP) is 2.36. The van der Waals surface area contributed by atoms with Gasteiger partial charge in [-0.1, -0.05) is 53.8 Å². The second-order valence-electron chi connectivity index (χ2n) is 5.92. The average molecular weight is 394 g/mol. The van der Waals surface area contributed by atoms with Crippen LogP contribution in [-0.2, 0) is 9.59 Å². The summed E-state index contributed by atoms with van der Waals surface area (Å²) in [4.78, 5) is 25.8. The highest BCUT2D eigenvalue weighted by molar-refractivity contribution is 7.18. The second-order valence-corrected chi connectivity index (χ2v) is 6.90. The molecule has 0 saturated heterocycles. The summed E-state index contributed by atoms with van der Waals surface area (Å²) >= 11 is 1.18. The van der Waals surface area contributed by atoms with Crippen LogP contribution in [0.25, 0.3) is 10.6 Å². The summed E-state index contributed by atoms with van der Waals surface area (Å²) in [5.74, 6) is -1.76. The monoisotopic (exact) mass is 394 g/mol. The molecule has 0 aliphatic rings. The van der Waals surface area contributed by atoms with E-state index >= 15 is 0 Å². The molecule has 2 amide bonds. The van der Waals surface area contributed by atoms with E-state index in [2.05, 4.69) is 26.0 Å². The maximum absolute atomic E-state index is 12.0. The second kappa shape index (κ2) is 8.87. The van der Waals surface area contributed by atoms with E-state index in [0.717, 1.165) is 16.8 Å². The number of nitrogens with one attached hydrogen (secondary N) is 2. The molecular formula is C19H18N6O2S. The van der Waals surface area contributed by atoms with Gasteiger partial charge < -0.3 is 4.90 Å². The number of nitrogens with zero attached hydrogens (tertiary/aromatic N) is 4. The fraction of sp³-hybridized carbons (Fsp3) is 0.105. The molecule has 1 heterocycles. The van der Waals surface area contributed by atoms with E-state index < -0.39 is 11.8 Å². The maximum Gasteiger partial charge on any atom is 0.329 e. The zero-order valence-corrected chi connectivity index (χ0v) is 16.1. The van der Waals surface area contributed by atoms with Crippen molar-refractivity contribution in [3.05, 3.63) is 60.2 Å². The van der Waals surface area contributed by atoms with E-state index in [-0.39, 0.29) is 5.13 Å². The molecule has 0 fully saturated rings. The van der Waals surface area contributed by atoms with E-state index in [1.54, 1.807) is 0 Å². The summed E-state index contributed by atoms with van der Waals surface area (Å²) in [5, 5.41) is 15.0. The Hall–Kier alpha value is -3.59. The van der Waals surface area contributed by atoms with Crippen molar-refractivity contribution in [1.82, 2.24) is 15.6 Å². The molecule has 0 aliphatic heterocycles. The highest BCUT2D eigenvalue weighted by atomic mass is 32.1. The average Bonchev–Trinajstić information content (AvgIpc) is 3.17. The largest absolute Gasteiger partial charge is 0.378 e. The number of hydrogen-bond donors (Lipinski definition) is 2. The SMILES string of the molecule is CN(C)c1ccc(C=NNC(=O)C(=O)Nc2nnc(-c3ccccc3)s2)cc1. The van der Waals surface area contributed by atoms with Crippen molar-refractivity contribution in [1.29, 1.82) is 0 Å². The molecule has 0 unspecified atom stereocenters. The number of benzene rings is 2. The lowest BCUT2D eigenvalue weighted by Gasteiger charge is -2.11. The van der Waals surface area contributed by atoms with Gasteiger partial charge in [-0.05, 0) is 17.7 Å². The van der Waals surface area contributed by atoms with E-state index in [0.29, 0.717) is 5.01 Å². The molecule has 3 rings (SSSR count). The number of carbonyl (C=O) groups excluding carboxylic acids is 2. The predicted molar refractivity (Wildman–Crippen MR) is 110 cm³/mol. The molecule has 0 atom stereocenters. The summed E-state index contributed by atoms with van der Waals surface area (Å²) in [6, 6.07) is 17.0. The van der Waals surface area contributed by atoms with Crippen LogP contribution in [0.1, 0.15) is 5.56 Å². The first-order valence-electron chi connectivity index (χ1n) is 8.33. The van der Waals surface area contributed by atoms with Gasteiger partial charge in [0.05, 0.1) is 6.21 Å². The quantitative estimate of drug-likeness (QED) is 0.393. The number of aromatic nitrogens is 2. The Bertz CT molecular complexity index is 983. The summed E-state index contributed by atoms with van der Waals surface area (Å²) in [6.45, 7) is 0. The van der Waals surface area contributed by atoms with Gasteiger partial charge in [0.2, 0.25) is 5.13 Å². The normalized spacial score (nSPS) is 10.6. The first-order valence-corrected chi connectivity index (χ1v) is 9.15. The zero-order valence-electron chi connectivity index (χ0n) is 15.3. The van der Waals surface area contributed by atoms with Gasteiger partial charge in [-0.15, -0.1) is 10.2 Å². The third kappa shape index (κ3) is 4.98. The van der Waals surface area contributed by atoms with Crippen molar-refractivity contribution in [3.8, 4) is 10.6 Å². The van der Waals surface area contributed by atoms with Crippen LogP contribution in [0.4, 0.5) is 10.8 Å². The topological polar surface area (TPSA) is 99.6 Å². The summed E-state index contributed by atoms with van der Waals surface area (Å²) in [6.07, 6.45) is 1.46. The molecule has 142 valence electrons. The molecular weight excluding hydrogens is 376 g/mol. The molecule has 28 heavy (non-hydrogen) atoms. The standard InChI is InChI=1S/C19H18N6O2S/c1-25(2)15-10-8-13(9-11-15)12-20-22-17(27)16(26)21-19-24-23-18(28-19)14-6-4-3-5-7-14/h3-12H,1-2H3,(H,22,27)(H,21,24,26). The summed E-state index contributed by atoms with van der Waals surface area (Å²) < 4.78 is 0. The minimum atomic E-state index is -0.891. The molecule has 0 spiro atoms. The van der Waals surface area contributed by atoms with Crippen molar-refractivity contribution in [3.63, 3.8) is 0 Å². The van der Waals surface area contributed by atoms with Crippen molar-refractivity contribution in [2.45, 2.75) is 0 Å². The highest BCUT2D eigenvalue weighted by Gasteiger charge is 2.16. The summed E-state index contributed by atoms with van der Waals surface area (Å²) in [5.41, 5.74) is 4.92. The Morgan fingerprint density at radius 3 is 2.39 bits per heavy atom. The minimum absolute atomic E-state index is 0.238. The van der Waals surface area contributed by atoms with E-state index in [1.165, 1.54) is 17.6 Å². The molecule has 2 N–H and O–H groups in total. The fourth-order valence-electron chi connectivity index (χ4n) is 2.20. The molecule has 0 bridgehead atoms. The lowest BCUT2D eigenvalue weighted by atomic mass is 10.2. The van der Waals surface area contributed by atoms with Crippen molar-refractivity contribution < 1.29 is 9.59 Å². The van der Waals surface area contributed by atoms with Crippen LogP contribution in [0.2, 0.25) is 0 Å². The van der Waals surface area contributed by atoms with Crippen LogP contribution in [0.15, 0.2) is 59.7 Å². The molecule has 1 aromatic heterocycles. The van der Waals surface area contributed by atoms with Crippen LogP contribution in [-0.4, -0.2) is 42.3 Å². The fourth-order valence-corrected chi connectivity index (χ4v) is 2.94. The zero-order chi connectivity index (χ0) is 19.9. The Morgan fingerprint density at radius 2 is 1.71 bits per heavy atom. The highest BCUT2D eigenvalue weighted by Crippen LogP contribution is 2.25. The molecule has 3 aromatic rings. The van der Waals surface area contributed by atoms with Gasteiger partial charge in [0.1, 0.15) is 5.01 Å². The molecule has 8 nitrogen and oxygen atoms in total. The molecule has 9 heteroatoms. The maximum atomic E-state index is 12.0. The van der Waals surface area contributed by atoms with Crippen LogP contribution in [0, 0.1) is 0 Å². The molecule has 0 saturated carbocycles. The molecule has 0 aliphatic carbocycles. The summed E-state index contributed by atoms with van der Waals surface area (Å²) in [7, 11) is 3.89. The number of rotatable bonds is 5. The van der Waals surface area contributed by atoms with Crippen molar-refractivity contribution in [2.75, 3.05) is 24.3 Å². The van der Waals surface area contributed by atoms with Gasteiger partial charge >= 0.3 is 11.8 Å². The van der Waals surface area contributed by atoms with Crippen molar-refractivity contribution >= 4 is 40.2 Å². The van der Waals surface area contributed by atoms with Crippen LogP contribution < -0.4 is 15.6 Å². The third-order valence-corrected chi connectivity index (χ3v) is 4.55. The van der Waals surface area contributed by atoms with Crippen LogP contribution in [0.5, 0.6) is 0 Å². The molecule has 2 aromatic carbocycles. The third-order valence-electron chi connectivity index (χ3n) is 3.66. The first kappa shape index (κ1) is 19.2. The van der Waals surface area contributed by atoms with E-state index in [1.807, 2.05) is 73.6 Å². The van der Waals surface area contributed by atoms with Crippen LogP contribution in [0.3, 0.4) is 0 Å². The van der Waals surface area contributed by atoms with Crippen molar-refractivity contribution in [2.24, 2.45) is 5.10 Å². The van der Waals surface area contributed by atoms with Gasteiger partial charge in [-0.25, -0.2) is 5.43 Å². The Morgan fingerprint density at radius 1 is 1.00 bits per heavy atom. The van der Waals surface area contributed by atoms with Gasteiger partial charge in [0.15, 0.2) is 0 Å². The van der Waals surface area contributed by atoms with Gasteiger partial charge in [-0.2, -0.15) is 5.10 Å².